The van der Waals surface area contributed by atoms with E-state index in [4.69, 9.17) is 4.74 Å². The molecule has 152 valence electrons. The minimum absolute atomic E-state index is 0.0404. The van der Waals surface area contributed by atoms with Crippen LogP contribution in [0.5, 0.6) is 5.75 Å². The molecular weight excluding hydrogens is 354 g/mol. The van der Waals surface area contributed by atoms with Gasteiger partial charge < -0.3 is 19.4 Å². The van der Waals surface area contributed by atoms with E-state index in [0.717, 1.165) is 56.6 Å². The summed E-state index contributed by atoms with van der Waals surface area (Å²) in [5.74, 6) is 1.39. The van der Waals surface area contributed by atoms with Crippen LogP contribution in [-0.4, -0.2) is 73.4 Å². The molecule has 3 heterocycles. The fourth-order valence-electron chi connectivity index (χ4n) is 4.79. The van der Waals surface area contributed by atoms with Gasteiger partial charge in [-0.2, -0.15) is 0 Å². The molecule has 0 spiro atoms. The van der Waals surface area contributed by atoms with Crippen molar-refractivity contribution in [2.24, 2.45) is 11.8 Å². The lowest BCUT2D eigenvalue weighted by Crippen LogP contribution is -2.58. The molecule has 0 aromatic heterocycles. The molecule has 1 unspecified atom stereocenters. The first-order valence-electron chi connectivity index (χ1n) is 10.5. The molecule has 3 fully saturated rings. The number of piperidine rings is 1. The largest absolute Gasteiger partial charge is 0.497 e. The second-order valence-corrected chi connectivity index (χ2v) is 8.48. The summed E-state index contributed by atoms with van der Waals surface area (Å²) >= 11 is 0. The Balaban J connectivity index is 1.34. The molecule has 6 nitrogen and oxygen atoms in total. The van der Waals surface area contributed by atoms with Crippen molar-refractivity contribution in [3.05, 3.63) is 29.8 Å². The SMILES string of the molecule is COc1cccc(C2CCCN2C(=O)C2CN(C(=O)C3CCN(C)CC3)C2)c1. The summed E-state index contributed by atoms with van der Waals surface area (Å²) in [5.41, 5.74) is 1.14. The fourth-order valence-corrected chi connectivity index (χ4v) is 4.79. The predicted molar refractivity (Wildman–Crippen MR) is 107 cm³/mol. The molecule has 6 heteroatoms. The molecule has 3 aliphatic heterocycles. The number of hydrogen-bond acceptors (Lipinski definition) is 4. The number of rotatable bonds is 4. The van der Waals surface area contributed by atoms with Crippen LogP contribution in [0.1, 0.15) is 37.3 Å². The Kier molecular flexibility index (Phi) is 5.58. The van der Waals surface area contributed by atoms with Gasteiger partial charge in [0.05, 0.1) is 19.1 Å². The van der Waals surface area contributed by atoms with Crippen LogP contribution in [0.3, 0.4) is 0 Å². The number of carbonyl (C=O) groups is 2. The Bertz CT molecular complexity index is 723. The number of carbonyl (C=O) groups excluding carboxylic acids is 2. The van der Waals surface area contributed by atoms with E-state index in [9.17, 15) is 9.59 Å². The number of nitrogens with zero attached hydrogens (tertiary/aromatic N) is 3. The molecule has 1 atom stereocenters. The smallest absolute Gasteiger partial charge is 0.229 e. The predicted octanol–water partition coefficient (Wildman–Crippen LogP) is 2.16. The van der Waals surface area contributed by atoms with E-state index in [1.54, 1.807) is 7.11 Å². The highest BCUT2D eigenvalue weighted by Crippen LogP contribution is 2.36. The van der Waals surface area contributed by atoms with Crippen LogP contribution >= 0.6 is 0 Å². The van der Waals surface area contributed by atoms with Gasteiger partial charge in [0.15, 0.2) is 0 Å². The number of benzene rings is 1. The molecule has 3 aliphatic rings. The molecule has 1 aromatic rings. The maximum Gasteiger partial charge on any atom is 0.229 e. The Morgan fingerprint density at radius 1 is 1.00 bits per heavy atom. The third-order valence-corrected chi connectivity index (χ3v) is 6.62. The monoisotopic (exact) mass is 385 g/mol. The topological polar surface area (TPSA) is 53.1 Å². The first-order valence-corrected chi connectivity index (χ1v) is 10.5. The summed E-state index contributed by atoms with van der Waals surface area (Å²) in [6.07, 6.45) is 3.89. The zero-order valence-corrected chi connectivity index (χ0v) is 17.0. The first-order chi connectivity index (χ1) is 13.6. The summed E-state index contributed by atoms with van der Waals surface area (Å²) in [5, 5.41) is 0. The lowest BCUT2D eigenvalue weighted by Gasteiger charge is -2.43. The van der Waals surface area contributed by atoms with E-state index >= 15 is 0 Å². The number of ether oxygens (including phenoxy) is 1. The molecular formula is C22H31N3O3. The van der Waals surface area contributed by atoms with E-state index in [2.05, 4.69) is 18.0 Å². The van der Waals surface area contributed by atoms with Crippen molar-refractivity contribution in [2.45, 2.75) is 31.7 Å². The Morgan fingerprint density at radius 2 is 1.75 bits per heavy atom. The van der Waals surface area contributed by atoms with Crippen molar-refractivity contribution in [1.29, 1.82) is 0 Å². The highest BCUT2D eigenvalue weighted by atomic mass is 16.5. The Hall–Kier alpha value is -2.08. The standard InChI is InChI=1S/C22H31N3O3/c1-23-11-8-16(9-12-23)21(26)24-14-18(15-24)22(27)25-10-4-7-20(25)17-5-3-6-19(13-17)28-2/h3,5-6,13,16,18,20H,4,7-12,14-15H2,1-2H3. The second kappa shape index (κ2) is 8.11. The second-order valence-electron chi connectivity index (χ2n) is 8.48. The molecule has 1 aromatic carbocycles. The zero-order chi connectivity index (χ0) is 19.7. The van der Waals surface area contributed by atoms with Crippen molar-refractivity contribution in [3.8, 4) is 5.75 Å². The molecule has 3 saturated heterocycles. The van der Waals surface area contributed by atoms with Crippen LogP contribution in [0, 0.1) is 11.8 Å². The van der Waals surface area contributed by atoms with Gasteiger partial charge in [-0.15, -0.1) is 0 Å². The minimum atomic E-state index is -0.0404. The third-order valence-electron chi connectivity index (χ3n) is 6.62. The lowest BCUT2D eigenvalue weighted by atomic mass is 9.91. The van der Waals surface area contributed by atoms with Gasteiger partial charge in [-0.05, 0) is 63.5 Å². The molecule has 4 rings (SSSR count). The van der Waals surface area contributed by atoms with E-state index in [1.807, 2.05) is 28.0 Å². The lowest BCUT2D eigenvalue weighted by molar-refractivity contribution is -0.152. The number of likely N-dealkylation sites (tertiary alicyclic amines) is 3. The van der Waals surface area contributed by atoms with Crippen molar-refractivity contribution in [1.82, 2.24) is 14.7 Å². The molecule has 28 heavy (non-hydrogen) atoms. The summed E-state index contributed by atoms with van der Waals surface area (Å²) in [7, 11) is 3.77. The van der Waals surface area contributed by atoms with Gasteiger partial charge in [0.1, 0.15) is 5.75 Å². The van der Waals surface area contributed by atoms with Gasteiger partial charge in [0.2, 0.25) is 11.8 Å². The maximum absolute atomic E-state index is 13.1. The van der Waals surface area contributed by atoms with Crippen LogP contribution in [0.15, 0.2) is 24.3 Å². The van der Waals surface area contributed by atoms with Gasteiger partial charge in [-0.1, -0.05) is 12.1 Å². The zero-order valence-electron chi connectivity index (χ0n) is 17.0. The molecule has 0 radical (unpaired) electrons. The van der Waals surface area contributed by atoms with E-state index in [1.165, 1.54) is 0 Å². The van der Waals surface area contributed by atoms with Crippen molar-refractivity contribution in [3.63, 3.8) is 0 Å². The number of hydrogen-bond donors (Lipinski definition) is 0. The number of methoxy groups -OCH3 is 1. The average Bonchev–Trinajstić information content (AvgIpc) is 3.17. The van der Waals surface area contributed by atoms with Gasteiger partial charge in [-0.25, -0.2) is 0 Å². The van der Waals surface area contributed by atoms with Crippen LogP contribution in [-0.2, 0) is 9.59 Å². The molecule has 0 saturated carbocycles. The van der Waals surface area contributed by atoms with Crippen LogP contribution in [0.2, 0.25) is 0 Å². The van der Waals surface area contributed by atoms with Crippen LogP contribution in [0.4, 0.5) is 0 Å². The summed E-state index contributed by atoms with van der Waals surface area (Å²) in [6, 6.07) is 8.16. The van der Waals surface area contributed by atoms with Gasteiger partial charge >= 0.3 is 0 Å². The fraction of sp³-hybridized carbons (Fsp3) is 0.636. The van der Waals surface area contributed by atoms with Crippen molar-refractivity contribution in [2.75, 3.05) is 46.9 Å². The van der Waals surface area contributed by atoms with E-state index < -0.39 is 0 Å². The van der Waals surface area contributed by atoms with Crippen molar-refractivity contribution >= 4 is 11.8 Å². The molecule has 2 amide bonds. The summed E-state index contributed by atoms with van der Waals surface area (Å²) < 4.78 is 5.34. The number of amides is 2. The van der Waals surface area contributed by atoms with Gasteiger partial charge in [0, 0.05) is 25.6 Å². The van der Waals surface area contributed by atoms with Crippen LogP contribution in [0.25, 0.3) is 0 Å². The van der Waals surface area contributed by atoms with Gasteiger partial charge in [0.25, 0.3) is 0 Å². The van der Waals surface area contributed by atoms with Crippen molar-refractivity contribution < 1.29 is 14.3 Å². The summed E-state index contributed by atoms with van der Waals surface area (Å²) in [6.45, 7) is 3.96. The highest BCUT2D eigenvalue weighted by molar-refractivity contribution is 5.86. The average molecular weight is 386 g/mol. The maximum atomic E-state index is 13.1. The molecule has 0 bridgehead atoms. The molecule has 0 N–H and O–H groups in total. The van der Waals surface area contributed by atoms with Crippen LogP contribution < -0.4 is 4.74 Å². The van der Waals surface area contributed by atoms with E-state index in [-0.39, 0.29) is 29.7 Å². The Morgan fingerprint density at radius 3 is 2.46 bits per heavy atom. The molecule has 0 aliphatic carbocycles. The Labute approximate surface area is 167 Å². The normalized spacial score (nSPS) is 24.3. The minimum Gasteiger partial charge on any atom is -0.497 e. The van der Waals surface area contributed by atoms with E-state index in [0.29, 0.717) is 13.1 Å². The summed E-state index contributed by atoms with van der Waals surface area (Å²) in [4.78, 5) is 32.0. The highest BCUT2D eigenvalue weighted by Gasteiger charge is 2.42. The van der Waals surface area contributed by atoms with Gasteiger partial charge in [-0.3, -0.25) is 9.59 Å². The third kappa shape index (κ3) is 3.75. The first kappa shape index (κ1) is 19.2. The quantitative estimate of drug-likeness (QED) is 0.797.